The van der Waals surface area contributed by atoms with Gasteiger partial charge in [0.05, 0.1) is 24.3 Å². The number of anilines is 1. The summed E-state index contributed by atoms with van der Waals surface area (Å²) >= 11 is 0. The molecule has 1 aromatic rings. The fourth-order valence-electron chi connectivity index (χ4n) is 1.65. The van der Waals surface area contributed by atoms with Crippen LogP contribution >= 0.6 is 0 Å². The van der Waals surface area contributed by atoms with Crippen LogP contribution in [-0.2, 0) is 0 Å². The molecular weight excluding hydrogens is 232 g/mol. The van der Waals surface area contributed by atoms with E-state index in [0.29, 0.717) is 17.7 Å². The minimum absolute atomic E-state index is 0.298. The number of aliphatic hydroxyl groups excluding tert-OH is 2. The summed E-state index contributed by atoms with van der Waals surface area (Å²) in [4.78, 5) is 12.1. The lowest BCUT2D eigenvalue weighted by Crippen LogP contribution is -2.53. The summed E-state index contributed by atoms with van der Waals surface area (Å²) in [6.07, 6.45) is 0.452. The van der Waals surface area contributed by atoms with Crippen LogP contribution in [0.1, 0.15) is 23.7 Å². The first-order valence-corrected chi connectivity index (χ1v) is 5.93. The summed E-state index contributed by atoms with van der Waals surface area (Å²) in [5.74, 6) is -0.315. The number of carbonyl (C=O) groups is 1. The average Bonchev–Trinajstić information content (AvgIpc) is 2.44. The molecule has 0 aliphatic rings. The number of benzene rings is 1. The third-order valence-corrected chi connectivity index (χ3v) is 3.10. The van der Waals surface area contributed by atoms with Gasteiger partial charge in [0, 0.05) is 12.7 Å². The van der Waals surface area contributed by atoms with Gasteiger partial charge in [-0.05, 0) is 18.6 Å². The van der Waals surface area contributed by atoms with E-state index < -0.39 is 5.54 Å². The highest BCUT2D eigenvalue weighted by Crippen LogP contribution is 2.16. The van der Waals surface area contributed by atoms with Gasteiger partial charge < -0.3 is 20.8 Å². The molecule has 0 aromatic heterocycles. The van der Waals surface area contributed by atoms with Crippen LogP contribution < -0.4 is 10.6 Å². The number of hydrogen-bond donors (Lipinski definition) is 4. The Morgan fingerprint density at radius 2 is 1.89 bits per heavy atom. The van der Waals surface area contributed by atoms with Crippen molar-refractivity contribution in [1.82, 2.24) is 5.32 Å². The summed E-state index contributed by atoms with van der Waals surface area (Å²) in [5.41, 5.74) is 0.216. The monoisotopic (exact) mass is 252 g/mol. The molecule has 18 heavy (non-hydrogen) atoms. The first-order valence-electron chi connectivity index (χ1n) is 5.93. The van der Waals surface area contributed by atoms with E-state index in [1.54, 1.807) is 32.2 Å². The third kappa shape index (κ3) is 3.00. The molecule has 0 saturated carbocycles. The van der Waals surface area contributed by atoms with E-state index in [-0.39, 0.29) is 19.1 Å². The molecule has 4 N–H and O–H groups in total. The van der Waals surface area contributed by atoms with Crippen LogP contribution in [0, 0.1) is 0 Å². The number of carbonyl (C=O) groups excluding carboxylic acids is 1. The van der Waals surface area contributed by atoms with Gasteiger partial charge in [-0.3, -0.25) is 4.79 Å². The third-order valence-electron chi connectivity index (χ3n) is 3.10. The Morgan fingerprint density at radius 1 is 1.28 bits per heavy atom. The molecular formula is C13H20N2O3. The van der Waals surface area contributed by atoms with Crippen molar-refractivity contribution < 1.29 is 15.0 Å². The van der Waals surface area contributed by atoms with Crippen LogP contribution in [0.2, 0.25) is 0 Å². The SMILES string of the molecule is CCC(CO)(CO)NC(=O)c1ccccc1NC. The lowest BCUT2D eigenvalue weighted by molar-refractivity contribution is 0.0653. The van der Waals surface area contributed by atoms with E-state index in [9.17, 15) is 15.0 Å². The van der Waals surface area contributed by atoms with Crippen LogP contribution in [-0.4, -0.2) is 41.9 Å². The molecule has 5 nitrogen and oxygen atoms in total. The highest BCUT2D eigenvalue weighted by atomic mass is 16.3. The molecule has 1 aromatic carbocycles. The molecule has 0 radical (unpaired) electrons. The van der Waals surface area contributed by atoms with Crippen molar-refractivity contribution in [2.75, 3.05) is 25.6 Å². The summed E-state index contributed by atoms with van der Waals surface area (Å²) in [6.45, 7) is 1.21. The Balaban J connectivity index is 2.94. The fourth-order valence-corrected chi connectivity index (χ4v) is 1.65. The van der Waals surface area contributed by atoms with E-state index in [4.69, 9.17) is 0 Å². The summed E-state index contributed by atoms with van der Waals surface area (Å²) in [6, 6.07) is 7.08. The maximum Gasteiger partial charge on any atom is 0.253 e. The Labute approximate surface area is 107 Å². The predicted octanol–water partition coefficient (Wildman–Crippen LogP) is 0.591. The van der Waals surface area contributed by atoms with Crippen LogP contribution in [0.4, 0.5) is 5.69 Å². The second kappa shape index (κ2) is 6.37. The van der Waals surface area contributed by atoms with Crippen molar-refractivity contribution >= 4 is 11.6 Å². The average molecular weight is 252 g/mol. The quantitative estimate of drug-likeness (QED) is 0.597. The highest BCUT2D eigenvalue weighted by Gasteiger charge is 2.29. The summed E-state index contributed by atoms with van der Waals surface area (Å²) < 4.78 is 0. The van der Waals surface area contributed by atoms with E-state index in [1.807, 2.05) is 6.07 Å². The van der Waals surface area contributed by atoms with Gasteiger partial charge in [-0.1, -0.05) is 19.1 Å². The van der Waals surface area contributed by atoms with Gasteiger partial charge in [-0.2, -0.15) is 0 Å². The second-order valence-corrected chi connectivity index (χ2v) is 4.20. The van der Waals surface area contributed by atoms with Gasteiger partial charge in [-0.15, -0.1) is 0 Å². The highest BCUT2D eigenvalue weighted by molar-refractivity contribution is 6.00. The second-order valence-electron chi connectivity index (χ2n) is 4.20. The minimum atomic E-state index is -0.974. The van der Waals surface area contributed by atoms with Crippen molar-refractivity contribution in [3.05, 3.63) is 29.8 Å². The standard InChI is InChI=1S/C13H20N2O3/c1-3-13(8-16,9-17)15-12(18)10-6-4-5-7-11(10)14-2/h4-7,14,16-17H,3,8-9H2,1-2H3,(H,15,18). The van der Waals surface area contributed by atoms with Gasteiger partial charge in [0.15, 0.2) is 0 Å². The zero-order chi connectivity index (χ0) is 13.6. The molecule has 0 bridgehead atoms. The minimum Gasteiger partial charge on any atom is -0.394 e. The number of para-hydroxylation sites is 1. The van der Waals surface area contributed by atoms with Crippen molar-refractivity contribution in [3.63, 3.8) is 0 Å². The zero-order valence-corrected chi connectivity index (χ0v) is 10.7. The number of amides is 1. The normalized spacial score (nSPS) is 11.1. The lowest BCUT2D eigenvalue weighted by Gasteiger charge is -2.30. The van der Waals surface area contributed by atoms with E-state index >= 15 is 0 Å². The van der Waals surface area contributed by atoms with Crippen LogP contribution in [0.5, 0.6) is 0 Å². The van der Waals surface area contributed by atoms with Crippen LogP contribution in [0.3, 0.4) is 0 Å². The number of aliphatic hydroxyl groups is 2. The molecule has 0 fully saturated rings. The number of rotatable bonds is 6. The smallest absolute Gasteiger partial charge is 0.253 e. The molecule has 5 heteroatoms. The van der Waals surface area contributed by atoms with Crippen molar-refractivity contribution in [3.8, 4) is 0 Å². The summed E-state index contributed by atoms with van der Waals surface area (Å²) in [5, 5.41) is 24.2. The maximum atomic E-state index is 12.1. The van der Waals surface area contributed by atoms with E-state index in [2.05, 4.69) is 10.6 Å². The zero-order valence-electron chi connectivity index (χ0n) is 10.7. The van der Waals surface area contributed by atoms with Crippen molar-refractivity contribution in [2.24, 2.45) is 0 Å². The topological polar surface area (TPSA) is 81.6 Å². The Bertz CT molecular complexity index is 395. The van der Waals surface area contributed by atoms with E-state index in [1.165, 1.54) is 0 Å². The first-order chi connectivity index (χ1) is 8.62. The molecule has 0 heterocycles. The Hall–Kier alpha value is -1.59. The van der Waals surface area contributed by atoms with Crippen molar-refractivity contribution in [2.45, 2.75) is 18.9 Å². The molecule has 0 saturated heterocycles. The van der Waals surface area contributed by atoms with Crippen molar-refractivity contribution in [1.29, 1.82) is 0 Å². The number of nitrogens with one attached hydrogen (secondary N) is 2. The van der Waals surface area contributed by atoms with Crippen LogP contribution in [0.15, 0.2) is 24.3 Å². The largest absolute Gasteiger partial charge is 0.394 e. The Kier molecular flexibility index (Phi) is 5.12. The van der Waals surface area contributed by atoms with Gasteiger partial charge >= 0.3 is 0 Å². The predicted molar refractivity (Wildman–Crippen MR) is 70.6 cm³/mol. The van der Waals surface area contributed by atoms with Gasteiger partial charge in [0.1, 0.15) is 0 Å². The Morgan fingerprint density at radius 3 is 2.39 bits per heavy atom. The molecule has 0 unspecified atom stereocenters. The molecule has 100 valence electrons. The molecule has 0 atom stereocenters. The molecule has 0 spiro atoms. The first kappa shape index (κ1) is 14.5. The maximum absolute atomic E-state index is 12.1. The van der Waals surface area contributed by atoms with Gasteiger partial charge in [0.2, 0.25) is 0 Å². The lowest BCUT2D eigenvalue weighted by atomic mass is 9.97. The fraction of sp³-hybridized carbons (Fsp3) is 0.462. The molecule has 1 rings (SSSR count). The molecule has 1 amide bonds. The molecule has 0 aliphatic carbocycles. The van der Waals surface area contributed by atoms with Gasteiger partial charge in [-0.25, -0.2) is 0 Å². The van der Waals surface area contributed by atoms with Crippen LogP contribution in [0.25, 0.3) is 0 Å². The number of hydrogen-bond acceptors (Lipinski definition) is 4. The van der Waals surface area contributed by atoms with Gasteiger partial charge in [0.25, 0.3) is 5.91 Å². The summed E-state index contributed by atoms with van der Waals surface area (Å²) in [7, 11) is 1.73. The molecule has 0 aliphatic heterocycles. The van der Waals surface area contributed by atoms with E-state index in [0.717, 1.165) is 0 Å².